The van der Waals surface area contributed by atoms with Crippen molar-refractivity contribution in [2.24, 2.45) is 0 Å². The topological polar surface area (TPSA) is 70.2 Å². The maximum Gasteiger partial charge on any atom is 0.522 e. The first-order valence-electron chi connectivity index (χ1n) is 5.69. The second kappa shape index (κ2) is 5.38. The standard InChI is InChI=1S/C12H9N.CHF3O3S/c1-3-7-11-9(5-1)10-6-2-4-8-12(10)13-11;2-1(3,4)8(5,6)7/h1-8,13H;(H,5,6,7). The van der Waals surface area contributed by atoms with E-state index in [1.54, 1.807) is 0 Å². The number of benzene rings is 2. The van der Waals surface area contributed by atoms with Gasteiger partial charge >= 0.3 is 15.6 Å². The molecule has 2 N–H and O–H groups in total. The maximum absolute atomic E-state index is 10.7. The maximum atomic E-state index is 10.7. The highest BCUT2D eigenvalue weighted by molar-refractivity contribution is 7.86. The number of H-pyrrole nitrogens is 1. The Labute approximate surface area is 117 Å². The third-order valence-electron chi connectivity index (χ3n) is 2.71. The van der Waals surface area contributed by atoms with Gasteiger partial charge in [0.2, 0.25) is 0 Å². The smallest absolute Gasteiger partial charge is 0.355 e. The zero-order valence-corrected chi connectivity index (χ0v) is 11.2. The van der Waals surface area contributed by atoms with E-state index in [0.717, 1.165) is 0 Å². The monoisotopic (exact) mass is 317 g/mol. The molecular weight excluding hydrogens is 307 g/mol. The quantitative estimate of drug-likeness (QED) is 0.490. The van der Waals surface area contributed by atoms with Gasteiger partial charge in [-0.1, -0.05) is 36.4 Å². The van der Waals surface area contributed by atoms with Crippen LogP contribution in [0.4, 0.5) is 13.2 Å². The van der Waals surface area contributed by atoms with E-state index in [2.05, 4.69) is 53.5 Å². The van der Waals surface area contributed by atoms with E-state index < -0.39 is 15.6 Å². The van der Waals surface area contributed by atoms with Crippen molar-refractivity contribution >= 4 is 31.9 Å². The molecule has 0 unspecified atom stereocenters. The van der Waals surface area contributed by atoms with E-state index >= 15 is 0 Å². The number of hydrogen-bond acceptors (Lipinski definition) is 2. The zero-order valence-electron chi connectivity index (χ0n) is 10.4. The number of aromatic amines is 1. The molecule has 0 aliphatic carbocycles. The van der Waals surface area contributed by atoms with Crippen molar-refractivity contribution in [1.29, 1.82) is 0 Å². The van der Waals surface area contributed by atoms with Gasteiger partial charge in [0.25, 0.3) is 0 Å². The lowest BCUT2D eigenvalue weighted by atomic mass is 10.2. The molecule has 2 aromatic carbocycles. The molecule has 0 bridgehead atoms. The van der Waals surface area contributed by atoms with Crippen LogP contribution in [0.25, 0.3) is 21.8 Å². The van der Waals surface area contributed by atoms with Crippen LogP contribution in [0.1, 0.15) is 0 Å². The van der Waals surface area contributed by atoms with Crippen molar-refractivity contribution in [2.75, 3.05) is 0 Å². The van der Waals surface area contributed by atoms with Crippen molar-refractivity contribution in [2.45, 2.75) is 5.51 Å². The molecule has 8 heteroatoms. The molecule has 4 nitrogen and oxygen atoms in total. The van der Waals surface area contributed by atoms with Crippen molar-refractivity contribution in [3.05, 3.63) is 48.5 Å². The minimum absolute atomic E-state index is 1.21. The van der Waals surface area contributed by atoms with Gasteiger partial charge in [-0.15, -0.1) is 0 Å². The number of fused-ring (bicyclic) bond motifs is 3. The zero-order chi connectivity index (χ0) is 15.7. The van der Waals surface area contributed by atoms with E-state index in [1.807, 2.05) is 0 Å². The average Bonchev–Trinajstić information content (AvgIpc) is 2.75. The fourth-order valence-corrected chi connectivity index (χ4v) is 1.80. The lowest BCUT2D eigenvalue weighted by Crippen LogP contribution is -2.21. The highest BCUT2D eigenvalue weighted by atomic mass is 32.2. The first-order valence-corrected chi connectivity index (χ1v) is 7.13. The number of hydrogen-bond donors (Lipinski definition) is 2. The summed E-state index contributed by atoms with van der Waals surface area (Å²) in [6.07, 6.45) is 0. The fraction of sp³-hybridized carbons (Fsp3) is 0.0769. The van der Waals surface area contributed by atoms with Crippen LogP contribution in [0.5, 0.6) is 0 Å². The van der Waals surface area contributed by atoms with Gasteiger partial charge < -0.3 is 4.98 Å². The SMILES string of the molecule is O=S(=O)(O)C(F)(F)F.c1ccc2c(c1)[nH]c1ccccc12. The van der Waals surface area contributed by atoms with Crippen molar-refractivity contribution < 1.29 is 26.1 Å². The number of rotatable bonds is 0. The molecule has 0 atom stereocenters. The predicted octanol–water partition coefficient (Wildman–Crippen LogP) is 3.72. The van der Waals surface area contributed by atoms with Gasteiger partial charge in [-0.3, -0.25) is 4.55 Å². The van der Waals surface area contributed by atoms with Gasteiger partial charge in [-0.05, 0) is 12.1 Å². The van der Waals surface area contributed by atoms with Crippen LogP contribution in [0.15, 0.2) is 48.5 Å². The largest absolute Gasteiger partial charge is 0.522 e. The summed E-state index contributed by atoms with van der Waals surface area (Å²) in [5.41, 5.74) is -3.11. The number of para-hydroxylation sites is 2. The second-order valence-electron chi connectivity index (χ2n) is 4.14. The van der Waals surface area contributed by atoms with Crippen LogP contribution >= 0.6 is 0 Å². The molecule has 0 saturated carbocycles. The normalized spacial score (nSPS) is 12.2. The highest BCUT2D eigenvalue weighted by Crippen LogP contribution is 2.24. The van der Waals surface area contributed by atoms with Gasteiger partial charge in [0, 0.05) is 21.8 Å². The van der Waals surface area contributed by atoms with E-state index in [1.165, 1.54) is 21.8 Å². The predicted molar refractivity (Wildman–Crippen MR) is 73.4 cm³/mol. The number of alkyl halides is 3. The fourth-order valence-electron chi connectivity index (χ4n) is 1.80. The summed E-state index contributed by atoms with van der Waals surface area (Å²) in [4.78, 5) is 3.38. The summed E-state index contributed by atoms with van der Waals surface area (Å²) < 4.78 is 57.5. The molecule has 0 spiro atoms. The first-order chi connectivity index (χ1) is 9.70. The number of aromatic nitrogens is 1. The van der Waals surface area contributed by atoms with Crippen LogP contribution in [-0.2, 0) is 10.1 Å². The molecule has 1 heterocycles. The summed E-state index contributed by atoms with van der Waals surface area (Å²) in [7, 11) is -5.84. The van der Waals surface area contributed by atoms with Crippen molar-refractivity contribution in [3.8, 4) is 0 Å². The Morgan fingerprint density at radius 2 is 1.19 bits per heavy atom. The Balaban J connectivity index is 0.000000177. The Kier molecular flexibility index (Phi) is 3.93. The lowest BCUT2D eigenvalue weighted by Gasteiger charge is -1.97. The Bertz CT molecular complexity index is 819. The molecule has 0 saturated heterocycles. The van der Waals surface area contributed by atoms with Crippen LogP contribution in [0.2, 0.25) is 0 Å². The molecule has 0 aliphatic rings. The van der Waals surface area contributed by atoms with Gasteiger partial charge in [0.15, 0.2) is 0 Å². The third-order valence-corrected chi connectivity index (χ3v) is 3.29. The van der Waals surface area contributed by atoms with Crippen LogP contribution < -0.4 is 0 Å². The summed E-state index contributed by atoms with van der Waals surface area (Å²) in [6, 6.07) is 16.8. The summed E-state index contributed by atoms with van der Waals surface area (Å²) >= 11 is 0. The Hall–Kier alpha value is -2.06. The molecule has 0 radical (unpaired) electrons. The van der Waals surface area contributed by atoms with Gasteiger partial charge in [0.1, 0.15) is 0 Å². The number of halogens is 3. The molecule has 0 aliphatic heterocycles. The first kappa shape index (κ1) is 15.3. The van der Waals surface area contributed by atoms with Gasteiger partial charge in [0.05, 0.1) is 0 Å². The Morgan fingerprint density at radius 3 is 1.52 bits per heavy atom. The molecule has 0 fully saturated rings. The average molecular weight is 317 g/mol. The van der Waals surface area contributed by atoms with Crippen molar-refractivity contribution in [3.63, 3.8) is 0 Å². The summed E-state index contributed by atoms with van der Waals surface area (Å²) in [5.74, 6) is 0. The van der Waals surface area contributed by atoms with E-state index in [4.69, 9.17) is 13.0 Å². The summed E-state index contributed by atoms with van der Waals surface area (Å²) in [5, 5.41) is 2.61. The van der Waals surface area contributed by atoms with E-state index in [0.29, 0.717) is 0 Å². The van der Waals surface area contributed by atoms with Crippen LogP contribution in [0.3, 0.4) is 0 Å². The van der Waals surface area contributed by atoms with Crippen molar-refractivity contribution in [1.82, 2.24) is 4.98 Å². The van der Waals surface area contributed by atoms with Gasteiger partial charge in [-0.25, -0.2) is 0 Å². The van der Waals surface area contributed by atoms with E-state index in [9.17, 15) is 13.2 Å². The third kappa shape index (κ3) is 3.34. The molecular formula is C13H10F3NO3S. The van der Waals surface area contributed by atoms with Crippen LogP contribution in [0, 0.1) is 0 Å². The second-order valence-corrected chi connectivity index (χ2v) is 5.55. The lowest BCUT2D eigenvalue weighted by molar-refractivity contribution is -0.0510. The molecule has 21 heavy (non-hydrogen) atoms. The number of nitrogens with one attached hydrogen (secondary N) is 1. The Morgan fingerprint density at radius 1 is 0.857 bits per heavy atom. The highest BCUT2D eigenvalue weighted by Gasteiger charge is 2.44. The van der Waals surface area contributed by atoms with Crippen LogP contribution in [-0.4, -0.2) is 23.5 Å². The van der Waals surface area contributed by atoms with E-state index in [-0.39, 0.29) is 0 Å². The minimum Gasteiger partial charge on any atom is -0.355 e. The molecule has 0 amide bonds. The molecule has 3 aromatic rings. The minimum atomic E-state index is -5.84. The van der Waals surface area contributed by atoms with Gasteiger partial charge in [-0.2, -0.15) is 21.6 Å². The summed E-state index contributed by atoms with van der Waals surface area (Å²) in [6.45, 7) is 0. The molecule has 1 aromatic heterocycles. The molecule has 112 valence electrons. The molecule has 3 rings (SSSR count).